The molecular formula is C20H14F3N3O5S2. The summed E-state index contributed by atoms with van der Waals surface area (Å²) in [4.78, 5) is 12.5. The molecule has 33 heavy (non-hydrogen) atoms. The van der Waals surface area contributed by atoms with Crippen LogP contribution in [0.15, 0.2) is 80.0 Å². The maximum absolute atomic E-state index is 12.7. The topological polar surface area (TPSA) is 103 Å². The molecule has 0 fully saturated rings. The smallest absolute Gasteiger partial charge is 0.446 e. The molecule has 0 unspecified atom stereocenters. The highest BCUT2D eigenvalue weighted by atomic mass is 32.2. The fourth-order valence-corrected chi connectivity index (χ4v) is 4.74. The highest BCUT2D eigenvalue weighted by molar-refractivity contribution is 8.00. The van der Waals surface area contributed by atoms with Crippen LogP contribution in [0.2, 0.25) is 0 Å². The number of halogens is 3. The maximum atomic E-state index is 12.7. The zero-order valence-corrected chi connectivity index (χ0v) is 18.3. The second kappa shape index (κ2) is 8.48. The van der Waals surface area contributed by atoms with Gasteiger partial charge in [-0.3, -0.25) is 14.1 Å². The Labute approximate surface area is 189 Å². The number of pyridine rings is 1. The first-order valence-electron chi connectivity index (χ1n) is 9.10. The molecule has 172 valence electrons. The van der Waals surface area contributed by atoms with Crippen LogP contribution in [0.4, 0.5) is 19.0 Å². The number of anilines is 1. The van der Waals surface area contributed by atoms with Crippen molar-refractivity contribution in [3.8, 4) is 11.4 Å². The molecular weight excluding hydrogens is 483 g/mol. The number of methoxy groups -OCH3 is 1. The first kappa shape index (κ1) is 22.7. The Bertz CT molecular complexity index is 1480. The SMILES string of the molecule is COc1cc(SC(F)(F)F)ccc1-n1c(=O)ccc2cc(S(=O)(=O)Nc3ccon3)ccc21. The Morgan fingerprint density at radius 1 is 1.09 bits per heavy atom. The number of nitrogens with zero attached hydrogens (tertiary/aromatic N) is 2. The van der Waals surface area contributed by atoms with Gasteiger partial charge in [0.1, 0.15) is 12.0 Å². The van der Waals surface area contributed by atoms with E-state index in [0.717, 1.165) is 0 Å². The molecule has 4 rings (SSSR count). The Morgan fingerprint density at radius 3 is 2.55 bits per heavy atom. The summed E-state index contributed by atoms with van der Waals surface area (Å²) in [5, 5.41) is 3.90. The van der Waals surface area contributed by atoms with Crippen LogP contribution in [0, 0.1) is 0 Å². The molecule has 0 aliphatic heterocycles. The Kier molecular flexibility index (Phi) is 5.84. The van der Waals surface area contributed by atoms with E-state index in [4.69, 9.17) is 4.74 Å². The summed E-state index contributed by atoms with van der Waals surface area (Å²) in [5.41, 5.74) is -4.42. The molecule has 0 amide bonds. The fourth-order valence-electron chi connectivity index (χ4n) is 3.14. The van der Waals surface area contributed by atoms with Crippen LogP contribution in [-0.2, 0) is 10.0 Å². The number of benzene rings is 2. The number of hydrogen-bond acceptors (Lipinski definition) is 7. The van der Waals surface area contributed by atoms with E-state index in [-0.39, 0.29) is 38.8 Å². The van der Waals surface area contributed by atoms with E-state index in [1.165, 1.54) is 72.5 Å². The van der Waals surface area contributed by atoms with Crippen LogP contribution in [0.1, 0.15) is 0 Å². The lowest BCUT2D eigenvalue weighted by Gasteiger charge is -2.16. The number of thioether (sulfide) groups is 1. The fraction of sp³-hybridized carbons (Fsp3) is 0.100. The third kappa shape index (κ3) is 4.83. The van der Waals surface area contributed by atoms with Crippen molar-refractivity contribution < 1.29 is 30.8 Å². The monoisotopic (exact) mass is 497 g/mol. The van der Waals surface area contributed by atoms with Gasteiger partial charge in [0.05, 0.1) is 23.2 Å². The molecule has 0 radical (unpaired) electrons. The summed E-state index contributed by atoms with van der Waals surface area (Å²) in [7, 11) is -2.72. The molecule has 2 aromatic carbocycles. The molecule has 1 N–H and O–H groups in total. The molecule has 8 nitrogen and oxygen atoms in total. The summed E-state index contributed by atoms with van der Waals surface area (Å²) < 4.78 is 76.8. The van der Waals surface area contributed by atoms with Crippen molar-refractivity contribution in [3.05, 3.63) is 71.2 Å². The van der Waals surface area contributed by atoms with E-state index in [1.54, 1.807) is 0 Å². The predicted octanol–water partition coefficient (Wildman–Crippen LogP) is 4.40. The maximum Gasteiger partial charge on any atom is 0.446 e. The van der Waals surface area contributed by atoms with Gasteiger partial charge >= 0.3 is 5.51 Å². The zero-order valence-electron chi connectivity index (χ0n) is 16.7. The van der Waals surface area contributed by atoms with Gasteiger partial charge in [0, 0.05) is 22.4 Å². The third-order valence-corrected chi connectivity index (χ3v) is 6.55. The third-order valence-electron chi connectivity index (χ3n) is 4.48. The van der Waals surface area contributed by atoms with Gasteiger partial charge in [0.25, 0.3) is 15.6 Å². The lowest BCUT2D eigenvalue weighted by molar-refractivity contribution is -0.0328. The first-order chi connectivity index (χ1) is 15.6. The molecule has 13 heteroatoms. The minimum atomic E-state index is -4.48. The highest BCUT2D eigenvalue weighted by Gasteiger charge is 2.29. The molecule has 0 atom stereocenters. The van der Waals surface area contributed by atoms with Gasteiger partial charge in [-0.2, -0.15) is 13.2 Å². The number of aromatic nitrogens is 2. The average Bonchev–Trinajstić information content (AvgIpc) is 3.25. The Hall–Kier alpha value is -3.45. The van der Waals surface area contributed by atoms with Crippen LogP contribution in [-0.4, -0.2) is 30.8 Å². The second-order valence-electron chi connectivity index (χ2n) is 6.60. The molecule has 0 saturated heterocycles. The van der Waals surface area contributed by atoms with Crippen LogP contribution < -0.4 is 15.0 Å². The minimum absolute atomic E-state index is 0.00150. The normalized spacial score (nSPS) is 12.1. The Morgan fingerprint density at radius 2 is 1.88 bits per heavy atom. The average molecular weight is 497 g/mol. The number of nitrogens with one attached hydrogen (secondary N) is 1. The van der Waals surface area contributed by atoms with Crippen molar-refractivity contribution in [3.63, 3.8) is 0 Å². The van der Waals surface area contributed by atoms with Gasteiger partial charge < -0.3 is 9.26 Å². The lowest BCUT2D eigenvalue weighted by atomic mass is 10.2. The molecule has 2 heterocycles. The number of ether oxygens (including phenoxy) is 1. The molecule has 0 saturated carbocycles. The van der Waals surface area contributed by atoms with Crippen molar-refractivity contribution in [2.24, 2.45) is 0 Å². The van der Waals surface area contributed by atoms with Gasteiger partial charge in [-0.1, -0.05) is 5.16 Å². The number of fused-ring (bicyclic) bond motifs is 1. The van der Waals surface area contributed by atoms with Crippen LogP contribution in [0.5, 0.6) is 5.75 Å². The standard InChI is InChI=1S/C20H14F3N3O5S2/c1-30-17-11-13(32-20(21,22)23)3-5-16(17)26-15-6-4-14(10-12(15)2-7-19(26)27)33(28,29)25-18-8-9-31-24-18/h2-11H,1H3,(H,24,25). The van der Waals surface area contributed by atoms with Crippen molar-refractivity contribution in [1.82, 2.24) is 9.72 Å². The number of rotatable bonds is 6. The molecule has 4 aromatic rings. The van der Waals surface area contributed by atoms with Crippen LogP contribution in [0.25, 0.3) is 16.6 Å². The largest absolute Gasteiger partial charge is 0.495 e. The van der Waals surface area contributed by atoms with E-state index < -0.39 is 21.1 Å². The zero-order chi connectivity index (χ0) is 23.8. The van der Waals surface area contributed by atoms with E-state index in [0.29, 0.717) is 10.9 Å². The summed E-state index contributed by atoms with van der Waals surface area (Å²) in [6.07, 6.45) is 1.21. The van der Waals surface area contributed by atoms with E-state index in [2.05, 4.69) is 14.4 Å². The number of alkyl halides is 3. The summed E-state index contributed by atoms with van der Waals surface area (Å²) in [6.45, 7) is 0. The van der Waals surface area contributed by atoms with Crippen molar-refractivity contribution in [1.29, 1.82) is 0 Å². The summed E-state index contributed by atoms with van der Waals surface area (Å²) >= 11 is -0.305. The van der Waals surface area contributed by atoms with Gasteiger partial charge in [0.15, 0.2) is 5.82 Å². The molecule has 2 aromatic heterocycles. The van der Waals surface area contributed by atoms with Crippen molar-refractivity contribution >= 4 is 38.5 Å². The Balaban J connectivity index is 1.81. The minimum Gasteiger partial charge on any atom is -0.495 e. The molecule has 0 aliphatic rings. The van der Waals surface area contributed by atoms with Gasteiger partial charge in [-0.25, -0.2) is 8.42 Å². The first-order valence-corrected chi connectivity index (χ1v) is 11.4. The van der Waals surface area contributed by atoms with Crippen LogP contribution in [0.3, 0.4) is 0 Å². The van der Waals surface area contributed by atoms with E-state index in [1.807, 2.05) is 0 Å². The quantitative estimate of drug-likeness (QED) is 0.394. The van der Waals surface area contributed by atoms with Crippen molar-refractivity contribution in [2.45, 2.75) is 15.3 Å². The lowest BCUT2D eigenvalue weighted by Crippen LogP contribution is -2.19. The van der Waals surface area contributed by atoms with E-state index in [9.17, 15) is 26.4 Å². The van der Waals surface area contributed by atoms with Gasteiger partial charge in [-0.15, -0.1) is 0 Å². The number of sulfonamides is 1. The van der Waals surface area contributed by atoms with Gasteiger partial charge in [-0.05, 0) is 54.2 Å². The predicted molar refractivity (Wildman–Crippen MR) is 115 cm³/mol. The second-order valence-corrected chi connectivity index (χ2v) is 9.42. The summed E-state index contributed by atoms with van der Waals surface area (Å²) in [6, 6.07) is 11.8. The van der Waals surface area contributed by atoms with Crippen LogP contribution >= 0.6 is 11.8 Å². The van der Waals surface area contributed by atoms with E-state index >= 15 is 0 Å². The highest BCUT2D eigenvalue weighted by Crippen LogP contribution is 2.39. The van der Waals surface area contributed by atoms with Crippen molar-refractivity contribution in [2.75, 3.05) is 11.8 Å². The van der Waals surface area contributed by atoms with Gasteiger partial charge in [0.2, 0.25) is 0 Å². The molecule has 0 aliphatic carbocycles. The molecule has 0 bridgehead atoms. The summed E-state index contributed by atoms with van der Waals surface area (Å²) in [5.74, 6) is 0.0462. The molecule has 0 spiro atoms. The number of hydrogen-bond donors (Lipinski definition) is 1.